The van der Waals surface area contributed by atoms with Crippen LogP contribution in [0, 0.1) is 13.8 Å². The van der Waals surface area contributed by atoms with Crippen molar-refractivity contribution in [3.8, 4) is 0 Å². The molecule has 3 rings (SSSR count). The zero-order chi connectivity index (χ0) is 17.8. The summed E-state index contributed by atoms with van der Waals surface area (Å²) in [7, 11) is 0. The van der Waals surface area contributed by atoms with Gasteiger partial charge in [0.05, 0.1) is 10.5 Å². The quantitative estimate of drug-likeness (QED) is 0.692. The summed E-state index contributed by atoms with van der Waals surface area (Å²) in [5.41, 5.74) is 2.62. The van der Waals surface area contributed by atoms with Crippen molar-refractivity contribution >= 4 is 28.1 Å². The summed E-state index contributed by atoms with van der Waals surface area (Å²) >= 11 is 1.66. The van der Waals surface area contributed by atoms with Crippen molar-refractivity contribution in [1.82, 2.24) is 14.9 Å². The Hall–Kier alpha value is -2.47. The van der Waals surface area contributed by atoms with Gasteiger partial charge in [-0.3, -0.25) is 9.59 Å². The first kappa shape index (κ1) is 17.4. The molecule has 0 fully saturated rings. The number of carbonyl (C=O) groups is 1. The molecular weight excluding hydrogens is 334 g/mol. The Morgan fingerprint density at radius 3 is 2.84 bits per heavy atom. The summed E-state index contributed by atoms with van der Waals surface area (Å²) in [4.78, 5) is 28.8. The van der Waals surface area contributed by atoms with Crippen LogP contribution in [0.1, 0.15) is 22.8 Å². The molecule has 0 saturated carbocycles. The zero-order valence-electron chi connectivity index (χ0n) is 14.4. The summed E-state index contributed by atoms with van der Waals surface area (Å²) in [6.07, 6.45) is 1.74. The van der Waals surface area contributed by atoms with Gasteiger partial charge < -0.3 is 9.88 Å². The summed E-state index contributed by atoms with van der Waals surface area (Å²) in [5, 5.41) is 6.74. The van der Waals surface area contributed by atoms with Crippen molar-refractivity contribution in [2.75, 3.05) is 6.54 Å². The van der Waals surface area contributed by atoms with Crippen molar-refractivity contribution in [2.45, 2.75) is 33.2 Å². The van der Waals surface area contributed by atoms with E-state index in [0.29, 0.717) is 11.9 Å². The molecule has 2 aromatic heterocycles. The second-order valence-corrected chi connectivity index (χ2v) is 7.03. The molecule has 1 N–H and O–H groups in total. The Labute approximate surface area is 150 Å². The molecule has 6 heteroatoms. The first-order valence-electron chi connectivity index (χ1n) is 8.31. The minimum absolute atomic E-state index is 0.0106. The maximum absolute atomic E-state index is 12.3. The maximum atomic E-state index is 12.3. The Kier molecular flexibility index (Phi) is 5.28. The van der Waals surface area contributed by atoms with Crippen LogP contribution >= 0.6 is 11.3 Å². The van der Waals surface area contributed by atoms with E-state index in [2.05, 4.69) is 10.3 Å². The third kappa shape index (κ3) is 4.14. The molecule has 0 atom stereocenters. The highest BCUT2D eigenvalue weighted by Crippen LogP contribution is 2.13. The molecule has 25 heavy (non-hydrogen) atoms. The number of pyridine rings is 1. The van der Waals surface area contributed by atoms with Crippen LogP contribution in [-0.4, -0.2) is 22.0 Å². The fraction of sp³-hybridized carbons (Fsp3) is 0.316. The van der Waals surface area contributed by atoms with Crippen LogP contribution < -0.4 is 10.7 Å². The number of fused-ring (bicyclic) bond motifs is 1. The number of benzene rings is 1. The number of nitrogens with zero attached hydrogens (tertiary/aromatic N) is 2. The molecule has 0 aliphatic carbocycles. The van der Waals surface area contributed by atoms with Gasteiger partial charge in [0.2, 0.25) is 5.91 Å². The highest BCUT2D eigenvalue weighted by molar-refractivity contribution is 7.09. The molecule has 3 aromatic rings. The van der Waals surface area contributed by atoms with Crippen LogP contribution in [0.25, 0.3) is 10.9 Å². The van der Waals surface area contributed by atoms with Crippen LogP contribution in [0.2, 0.25) is 0 Å². The van der Waals surface area contributed by atoms with Gasteiger partial charge >= 0.3 is 0 Å². The number of aryl methyl sites for hydroxylation is 3. The number of hydrogen-bond acceptors (Lipinski definition) is 4. The van der Waals surface area contributed by atoms with E-state index >= 15 is 0 Å². The minimum Gasteiger partial charge on any atom is -0.355 e. The van der Waals surface area contributed by atoms with E-state index < -0.39 is 0 Å². The third-order valence-corrected chi connectivity index (χ3v) is 5.11. The lowest BCUT2D eigenvalue weighted by molar-refractivity contribution is -0.121. The SMILES string of the molecule is Cc1csc(CCCNC(=O)Cn2c(C)cc(=O)c3ccccc32)n1. The number of carbonyl (C=O) groups excluding carboxylic acids is 1. The van der Waals surface area contributed by atoms with Crippen LogP contribution in [0.4, 0.5) is 0 Å². The largest absolute Gasteiger partial charge is 0.355 e. The summed E-state index contributed by atoms with van der Waals surface area (Å²) in [5.74, 6) is -0.0489. The van der Waals surface area contributed by atoms with Crippen LogP contribution in [0.3, 0.4) is 0 Å². The number of para-hydroxylation sites is 1. The Bertz CT molecular complexity index is 959. The van der Waals surface area contributed by atoms with Crippen molar-refractivity contribution in [3.63, 3.8) is 0 Å². The lowest BCUT2D eigenvalue weighted by Gasteiger charge is -2.14. The number of hydrogen-bond donors (Lipinski definition) is 1. The van der Waals surface area contributed by atoms with Gasteiger partial charge in [-0.1, -0.05) is 12.1 Å². The molecule has 1 aromatic carbocycles. The van der Waals surface area contributed by atoms with Gasteiger partial charge in [0.25, 0.3) is 0 Å². The molecule has 1 amide bonds. The predicted molar refractivity (Wildman–Crippen MR) is 101 cm³/mol. The van der Waals surface area contributed by atoms with E-state index in [1.807, 2.05) is 42.0 Å². The zero-order valence-corrected chi connectivity index (χ0v) is 15.2. The standard InChI is InChI=1S/C19H21N3O2S/c1-13-12-25-19(21-13)8-5-9-20-18(24)11-22-14(2)10-17(23)15-6-3-4-7-16(15)22/h3-4,6-7,10,12H,5,8-9,11H2,1-2H3,(H,20,24). The van der Waals surface area contributed by atoms with Crippen LogP contribution in [0.5, 0.6) is 0 Å². The second kappa shape index (κ2) is 7.61. The Morgan fingerprint density at radius 1 is 1.28 bits per heavy atom. The van der Waals surface area contributed by atoms with Gasteiger partial charge in [-0.2, -0.15) is 0 Å². The lowest BCUT2D eigenvalue weighted by atomic mass is 10.2. The first-order valence-corrected chi connectivity index (χ1v) is 9.19. The molecule has 5 nitrogen and oxygen atoms in total. The second-order valence-electron chi connectivity index (χ2n) is 6.09. The van der Waals surface area contributed by atoms with E-state index in [1.54, 1.807) is 23.5 Å². The van der Waals surface area contributed by atoms with E-state index in [4.69, 9.17) is 0 Å². The molecular formula is C19H21N3O2S. The number of rotatable bonds is 6. The minimum atomic E-state index is -0.0489. The van der Waals surface area contributed by atoms with Crippen molar-refractivity contribution in [3.05, 3.63) is 62.3 Å². The molecule has 0 aliphatic heterocycles. The van der Waals surface area contributed by atoms with E-state index in [-0.39, 0.29) is 17.9 Å². The Balaban J connectivity index is 1.61. The fourth-order valence-corrected chi connectivity index (χ4v) is 3.67. The third-order valence-electron chi connectivity index (χ3n) is 4.08. The average Bonchev–Trinajstić information content (AvgIpc) is 3.01. The highest BCUT2D eigenvalue weighted by Gasteiger charge is 2.09. The predicted octanol–water partition coefficient (Wildman–Crippen LogP) is 2.82. The van der Waals surface area contributed by atoms with E-state index in [0.717, 1.165) is 34.8 Å². The number of aromatic nitrogens is 2. The van der Waals surface area contributed by atoms with E-state index in [9.17, 15) is 9.59 Å². The van der Waals surface area contributed by atoms with Gasteiger partial charge in [-0.15, -0.1) is 11.3 Å². The van der Waals surface area contributed by atoms with Crippen molar-refractivity contribution < 1.29 is 4.79 Å². The van der Waals surface area contributed by atoms with Crippen molar-refractivity contribution in [2.24, 2.45) is 0 Å². The molecule has 2 heterocycles. The van der Waals surface area contributed by atoms with Gasteiger partial charge in [0, 0.05) is 41.2 Å². The van der Waals surface area contributed by atoms with Crippen LogP contribution in [-0.2, 0) is 17.8 Å². The average molecular weight is 355 g/mol. The molecule has 0 bridgehead atoms. The highest BCUT2D eigenvalue weighted by atomic mass is 32.1. The first-order chi connectivity index (χ1) is 12.0. The smallest absolute Gasteiger partial charge is 0.239 e. The monoisotopic (exact) mass is 355 g/mol. The fourth-order valence-electron chi connectivity index (χ4n) is 2.85. The Morgan fingerprint density at radius 2 is 2.08 bits per heavy atom. The number of amides is 1. The summed E-state index contributed by atoms with van der Waals surface area (Å²) in [6.45, 7) is 4.67. The number of thiazole rings is 1. The van der Waals surface area contributed by atoms with Gasteiger partial charge in [0.1, 0.15) is 6.54 Å². The normalized spacial score (nSPS) is 11.0. The summed E-state index contributed by atoms with van der Waals surface area (Å²) in [6, 6.07) is 8.97. The molecule has 0 unspecified atom stereocenters. The molecule has 0 saturated heterocycles. The molecule has 0 aliphatic rings. The van der Waals surface area contributed by atoms with Crippen LogP contribution in [0.15, 0.2) is 40.5 Å². The van der Waals surface area contributed by atoms with Gasteiger partial charge in [-0.05, 0) is 32.4 Å². The topological polar surface area (TPSA) is 64.0 Å². The summed E-state index contributed by atoms with van der Waals surface area (Å²) < 4.78 is 1.89. The van der Waals surface area contributed by atoms with Crippen molar-refractivity contribution in [1.29, 1.82) is 0 Å². The molecule has 0 radical (unpaired) electrons. The van der Waals surface area contributed by atoms with Gasteiger partial charge in [-0.25, -0.2) is 4.98 Å². The van der Waals surface area contributed by atoms with Gasteiger partial charge in [0.15, 0.2) is 5.43 Å². The lowest BCUT2D eigenvalue weighted by Crippen LogP contribution is -2.30. The molecule has 130 valence electrons. The van der Waals surface area contributed by atoms with E-state index in [1.165, 1.54) is 0 Å². The maximum Gasteiger partial charge on any atom is 0.239 e. The molecule has 0 spiro atoms. The number of nitrogens with one attached hydrogen (secondary N) is 1.